The van der Waals surface area contributed by atoms with Crippen LogP contribution in [-0.2, 0) is 17.6 Å². The summed E-state index contributed by atoms with van der Waals surface area (Å²) in [6.07, 6.45) is 1.94. The first-order chi connectivity index (χ1) is 11.6. The highest BCUT2D eigenvalue weighted by atomic mass is 16.4. The molecular formula is C20H21NO3. The topological polar surface area (TPSA) is 57.6 Å². The van der Waals surface area contributed by atoms with Gasteiger partial charge < -0.3 is 10.0 Å². The first kappa shape index (κ1) is 16.2. The Kier molecular flexibility index (Phi) is 4.94. The molecule has 1 atom stereocenters. The lowest BCUT2D eigenvalue weighted by Gasteiger charge is -2.17. The molecule has 0 radical (unpaired) electrons. The molecule has 0 bridgehead atoms. The van der Waals surface area contributed by atoms with E-state index in [0.717, 1.165) is 25.9 Å². The number of carboxylic acids is 1. The molecule has 124 valence electrons. The van der Waals surface area contributed by atoms with Gasteiger partial charge in [0, 0.05) is 18.7 Å². The summed E-state index contributed by atoms with van der Waals surface area (Å²) in [4.78, 5) is 25.4. The zero-order chi connectivity index (χ0) is 16.9. The fourth-order valence-electron chi connectivity index (χ4n) is 3.30. The Morgan fingerprint density at radius 2 is 1.79 bits per heavy atom. The lowest BCUT2D eigenvalue weighted by molar-refractivity contribution is -0.136. The molecule has 0 aliphatic carbocycles. The van der Waals surface area contributed by atoms with Crippen LogP contribution < -0.4 is 0 Å². The summed E-state index contributed by atoms with van der Waals surface area (Å²) < 4.78 is 0. The first-order valence-corrected chi connectivity index (χ1v) is 8.26. The monoisotopic (exact) mass is 323 g/mol. The van der Waals surface area contributed by atoms with Gasteiger partial charge in [-0.15, -0.1) is 0 Å². The smallest absolute Gasteiger partial charge is 0.307 e. The number of amides is 1. The number of hydrogen-bond acceptors (Lipinski definition) is 2. The molecule has 0 spiro atoms. The second-order valence-electron chi connectivity index (χ2n) is 6.37. The minimum absolute atomic E-state index is 0.00204. The Labute approximate surface area is 141 Å². The molecule has 3 rings (SSSR count). The maximum Gasteiger partial charge on any atom is 0.307 e. The molecule has 2 aromatic carbocycles. The molecule has 1 unspecified atom stereocenters. The lowest BCUT2D eigenvalue weighted by atomic mass is 9.99. The molecule has 2 aromatic rings. The SMILES string of the molecule is O=C(O)Cc1cccc(C(=O)N2CCC(Cc3ccccc3)C2)c1. The number of carbonyl (C=O) groups is 2. The highest BCUT2D eigenvalue weighted by Gasteiger charge is 2.27. The lowest BCUT2D eigenvalue weighted by Crippen LogP contribution is -2.29. The number of carboxylic acid groups (broad SMARTS) is 1. The highest BCUT2D eigenvalue weighted by molar-refractivity contribution is 5.94. The van der Waals surface area contributed by atoms with Crippen molar-refractivity contribution in [3.05, 3.63) is 71.3 Å². The van der Waals surface area contributed by atoms with Gasteiger partial charge in [-0.05, 0) is 42.0 Å². The fourth-order valence-corrected chi connectivity index (χ4v) is 3.30. The van der Waals surface area contributed by atoms with E-state index in [-0.39, 0.29) is 12.3 Å². The number of benzene rings is 2. The maximum atomic E-state index is 12.7. The summed E-state index contributed by atoms with van der Waals surface area (Å²) in [5.74, 6) is -0.403. The van der Waals surface area contributed by atoms with Crippen molar-refractivity contribution in [2.24, 2.45) is 5.92 Å². The van der Waals surface area contributed by atoms with E-state index in [0.29, 0.717) is 17.0 Å². The van der Waals surface area contributed by atoms with Gasteiger partial charge in [-0.25, -0.2) is 0 Å². The van der Waals surface area contributed by atoms with Crippen LogP contribution in [0.2, 0.25) is 0 Å². The van der Waals surface area contributed by atoms with Crippen molar-refractivity contribution in [3.8, 4) is 0 Å². The average molecular weight is 323 g/mol. The quantitative estimate of drug-likeness (QED) is 0.920. The molecule has 0 aromatic heterocycles. The van der Waals surface area contributed by atoms with Gasteiger partial charge in [0.15, 0.2) is 0 Å². The minimum atomic E-state index is -0.885. The van der Waals surface area contributed by atoms with Gasteiger partial charge in [0.05, 0.1) is 6.42 Å². The van der Waals surface area contributed by atoms with Gasteiger partial charge in [-0.2, -0.15) is 0 Å². The van der Waals surface area contributed by atoms with E-state index in [9.17, 15) is 9.59 Å². The fraction of sp³-hybridized carbons (Fsp3) is 0.300. The molecule has 1 saturated heterocycles. The van der Waals surface area contributed by atoms with Crippen molar-refractivity contribution < 1.29 is 14.7 Å². The molecule has 0 saturated carbocycles. The number of aliphatic carboxylic acids is 1. The van der Waals surface area contributed by atoms with Crippen LogP contribution in [0.5, 0.6) is 0 Å². The third kappa shape index (κ3) is 4.02. The number of rotatable bonds is 5. The van der Waals surface area contributed by atoms with Crippen LogP contribution in [0.4, 0.5) is 0 Å². The highest BCUT2D eigenvalue weighted by Crippen LogP contribution is 2.22. The Morgan fingerprint density at radius 3 is 2.54 bits per heavy atom. The van der Waals surface area contributed by atoms with Gasteiger partial charge in [-0.1, -0.05) is 42.5 Å². The maximum absolute atomic E-state index is 12.7. The van der Waals surface area contributed by atoms with Crippen LogP contribution in [0.3, 0.4) is 0 Å². The first-order valence-electron chi connectivity index (χ1n) is 8.26. The van der Waals surface area contributed by atoms with Gasteiger partial charge in [0.1, 0.15) is 0 Å². The summed E-state index contributed by atoms with van der Waals surface area (Å²) in [7, 11) is 0. The number of likely N-dealkylation sites (tertiary alicyclic amines) is 1. The van der Waals surface area contributed by atoms with Gasteiger partial charge >= 0.3 is 5.97 Å². The summed E-state index contributed by atoms with van der Waals surface area (Å²) in [6.45, 7) is 1.52. The predicted octanol–water partition coefficient (Wildman–Crippen LogP) is 3.02. The minimum Gasteiger partial charge on any atom is -0.481 e. The number of hydrogen-bond donors (Lipinski definition) is 1. The largest absolute Gasteiger partial charge is 0.481 e. The van der Waals surface area contributed by atoms with Crippen LogP contribution in [0.25, 0.3) is 0 Å². The van der Waals surface area contributed by atoms with Crippen LogP contribution >= 0.6 is 0 Å². The third-order valence-corrected chi connectivity index (χ3v) is 4.47. The Balaban J connectivity index is 1.63. The molecule has 1 aliphatic rings. The molecule has 4 heteroatoms. The average Bonchev–Trinajstić information content (AvgIpc) is 3.03. The van der Waals surface area contributed by atoms with Gasteiger partial charge in [-0.3, -0.25) is 9.59 Å². The van der Waals surface area contributed by atoms with E-state index >= 15 is 0 Å². The molecule has 1 heterocycles. The van der Waals surface area contributed by atoms with Crippen molar-refractivity contribution in [1.29, 1.82) is 0 Å². The van der Waals surface area contributed by atoms with Crippen molar-refractivity contribution >= 4 is 11.9 Å². The predicted molar refractivity (Wildman–Crippen MR) is 91.9 cm³/mol. The Hall–Kier alpha value is -2.62. The van der Waals surface area contributed by atoms with Crippen molar-refractivity contribution in [2.75, 3.05) is 13.1 Å². The standard InChI is InChI=1S/C20H21NO3/c22-19(23)13-16-7-4-8-18(12-16)20(24)21-10-9-17(14-21)11-15-5-2-1-3-6-15/h1-8,12,17H,9-11,13-14H2,(H,22,23). The summed E-state index contributed by atoms with van der Waals surface area (Å²) in [6, 6.07) is 17.3. The van der Waals surface area contributed by atoms with Crippen molar-refractivity contribution in [3.63, 3.8) is 0 Å². The molecule has 1 N–H and O–H groups in total. The van der Waals surface area contributed by atoms with Crippen LogP contribution in [0.15, 0.2) is 54.6 Å². The van der Waals surface area contributed by atoms with E-state index in [2.05, 4.69) is 12.1 Å². The Morgan fingerprint density at radius 1 is 1.04 bits per heavy atom. The normalized spacial score (nSPS) is 17.0. The second kappa shape index (κ2) is 7.30. The van der Waals surface area contributed by atoms with Crippen LogP contribution in [-0.4, -0.2) is 35.0 Å². The van der Waals surface area contributed by atoms with Crippen LogP contribution in [0.1, 0.15) is 27.9 Å². The number of carbonyl (C=O) groups excluding carboxylic acids is 1. The van der Waals surface area contributed by atoms with Gasteiger partial charge in [0.25, 0.3) is 5.91 Å². The molecule has 4 nitrogen and oxygen atoms in total. The molecule has 1 amide bonds. The molecule has 1 fully saturated rings. The number of nitrogens with zero attached hydrogens (tertiary/aromatic N) is 1. The van der Waals surface area contributed by atoms with E-state index < -0.39 is 5.97 Å². The molecule has 24 heavy (non-hydrogen) atoms. The summed E-state index contributed by atoms with van der Waals surface area (Å²) in [5.41, 5.74) is 2.54. The second-order valence-corrected chi connectivity index (χ2v) is 6.37. The third-order valence-electron chi connectivity index (χ3n) is 4.47. The van der Waals surface area contributed by atoms with E-state index in [1.165, 1.54) is 5.56 Å². The summed E-state index contributed by atoms with van der Waals surface area (Å²) in [5, 5.41) is 8.89. The summed E-state index contributed by atoms with van der Waals surface area (Å²) >= 11 is 0. The van der Waals surface area contributed by atoms with E-state index in [1.54, 1.807) is 24.3 Å². The molecular weight excluding hydrogens is 302 g/mol. The van der Waals surface area contributed by atoms with E-state index in [4.69, 9.17) is 5.11 Å². The zero-order valence-corrected chi connectivity index (χ0v) is 13.5. The van der Waals surface area contributed by atoms with Gasteiger partial charge in [0.2, 0.25) is 0 Å². The van der Waals surface area contributed by atoms with Crippen molar-refractivity contribution in [2.45, 2.75) is 19.3 Å². The molecule has 1 aliphatic heterocycles. The van der Waals surface area contributed by atoms with Crippen LogP contribution in [0, 0.1) is 5.92 Å². The Bertz CT molecular complexity index is 727. The van der Waals surface area contributed by atoms with Crippen molar-refractivity contribution in [1.82, 2.24) is 4.90 Å². The van der Waals surface area contributed by atoms with E-state index in [1.807, 2.05) is 23.1 Å². The zero-order valence-electron chi connectivity index (χ0n) is 13.5.